The maximum atomic E-state index is 13.0. The summed E-state index contributed by atoms with van der Waals surface area (Å²) in [7, 11) is 1.66. The predicted octanol–water partition coefficient (Wildman–Crippen LogP) is 1.78. The Labute approximate surface area is 148 Å². The molecule has 134 valence electrons. The van der Waals surface area contributed by atoms with Gasteiger partial charge in [-0.2, -0.15) is 5.10 Å². The molecule has 1 amide bonds. The molecule has 0 bridgehead atoms. The summed E-state index contributed by atoms with van der Waals surface area (Å²) in [5.74, 6) is -0.00804. The van der Waals surface area contributed by atoms with Crippen molar-refractivity contribution in [1.29, 1.82) is 0 Å². The van der Waals surface area contributed by atoms with E-state index in [0.717, 1.165) is 37.1 Å². The molecule has 6 heteroatoms. The molecule has 2 heterocycles. The molecule has 25 heavy (non-hydrogen) atoms. The lowest BCUT2D eigenvalue weighted by molar-refractivity contribution is 0.0686. The standard InChI is InChI=1S/C19H26N4O2/c1-25-13-12-23(11-5-8-15-6-3-2-4-7-15)19(24)18-16-14-20-10-9-17(16)21-22-18/h2-4,6-7,20H,5,8-14H2,1H3,(H,21,22). The monoisotopic (exact) mass is 342 g/mol. The molecule has 0 radical (unpaired) electrons. The van der Waals surface area contributed by atoms with Crippen molar-refractivity contribution in [1.82, 2.24) is 20.4 Å². The van der Waals surface area contributed by atoms with Gasteiger partial charge in [0.25, 0.3) is 5.91 Å². The van der Waals surface area contributed by atoms with E-state index in [9.17, 15) is 4.79 Å². The largest absolute Gasteiger partial charge is 0.383 e. The SMILES string of the molecule is COCCN(CCCc1ccccc1)C(=O)c1n[nH]c2c1CNCC2. The van der Waals surface area contributed by atoms with Crippen molar-refractivity contribution >= 4 is 5.91 Å². The minimum absolute atomic E-state index is 0.00804. The number of methoxy groups -OCH3 is 1. The fourth-order valence-electron chi connectivity index (χ4n) is 3.19. The third kappa shape index (κ3) is 4.46. The number of aromatic nitrogens is 2. The number of aromatic amines is 1. The first kappa shape index (κ1) is 17.6. The number of ether oxygens (including phenoxy) is 1. The molecule has 0 saturated heterocycles. The van der Waals surface area contributed by atoms with Crippen molar-refractivity contribution in [3.05, 3.63) is 52.8 Å². The summed E-state index contributed by atoms with van der Waals surface area (Å²) < 4.78 is 5.18. The number of rotatable bonds is 8. The Bertz CT molecular complexity index is 684. The zero-order valence-corrected chi connectivity index (χ0v) is 14.8. The molecule has 6 nitrogen and oxygen atoms in total. The highest BCUT2D eigenvalue weighted by Crippen LogP contribution is 2.17. The van der Waals surface area contributed by atoms with Crippen LogP contribution in [0.1, 0.15) is 33.7 Å². The summed E-state index contributed by atoms with van der Waals surface area (Å²) >= 11 is 0. The summed E-state index contributed by atoms with van der Waals surface area (Å²) in [6, 6.07) is 10.4. The van der Waals surface area contributed by atoms with Crippen LogP contribution in [-0.4, -0.2) is 54.4 Å². The van der Waals surface area contributed by atoms with Crippen LogP contribution in [0.4, 0.5) is 0 Å². The number of nitrogens with zero attached hydrogens (tertiary/aromatic N) is 2. The van der Waals surface area contributed by atoms with E-state index < -0.39 is 0 Å². The average molecular weight is 342 g/mol. The van der Waals surface area contributed by atoms with E-state index in [4.69, 9.17) is 4.74 Å². The van der Waals surface area contributed by atoms with Crippen molar-refractivity contribution in [2.45, 2.75) is 25.8 Å². The molecule has 0 fully saturated rings. The second-order valence-electron chi connectivity index (χ2n) is 6.33. The molecule has 1 aliphatic rings. The van der Waals surface area contributed by atoms with Crippen LogP contribution >= 0.6 is 0 Å². The number of fused-ring (bicyclic) bond motifs is 1. The van der Waals surface area contributed by atoms with Gasteiger partial charge in [-0.3, -0.25) is 9.89 Å². The van der Waals surface area contributed by atoms with Gasteiger partial charge in [-0.15, -0.1) is 0 Å². The first-order valence-electron chi connectivity index (χ1n) is 8.88. The Hall–Kier alpha value is -2.18. The molecule has 2 aromatic rings. The molecular formula is C19H26N4O2. The van der Waals surface area contributed by atoms with Crippen LogP contribution in [0.15, 0.2) is 30.3 Å². The summed E-state index contributed by atoms with van der Waals surface area (Å²) in [6.07, 6.45) is 2.77. The van der Waals surface area contributed by atoms with Crippen molar-refractivity contribution in [2.24, 2.45) is 0 Å². The van der Waals surface area contributed by atoms with E-state index in [1.807, 2.05) is 23.1 Å². The first-order valence-corrected chi connectivity index (χ1v) is 8.88. The Morgan fingerprint density at radius 3 is 2.92 bits per heavy atom. The molecule has 1 aromatic heterocycles. The molecule has 1 aliphatic heterocycles. The van der Waals surface area contributed by atoms with Crippen LogP contribution in [0.3, 0.4) is 0 Å². The molecule has 0 atom stereocenters. The van der Waals surface area contributed by atoms with Crippen LogP contribution < -0.4 is 5.32 Å². The Morgan fingerprint density at radius 2 is 2.12 bits per heavy atom. The van der Waals surface area contributed by atoms with Gasteiger partial charge >= 0.3 is 0 Å². The Kier molecular flexibility index (Phi) is 6.19. The number of H-pyrrole nitrogens is 1. The zero-order valence-electron chi connectivity index (χ0n) is 14.8. The lowest BCUT2D eigenvalue weighted by Gasteiger charge is -2.22. The number of hydrogen-bond acceptors (Lipinski definition) is 4. The highest BCUT2D eigenvalue weighted by molar-refractivity contribution is 5.94. The second-order valence-corrected chi connectivity index (χ2v) is 6.33. The maximum Gasteiger partial charge on any atom is 0.274 e. The summed E-state index contributed by atoms with van der Waals surface area (Å²) in [4.78, 5) is 14.8. The van der Waals surface area contributed by atoms with E-state index in [1.165, 1.54) is 5.56 Å². The predicted molar refractivity (Wildman–Crippen MR) is 96.5 cm³/mol. The van der Waals surface area contributed by atoms with Crippen molar-refractivity contribution < 1.29 is 9.53 Å². The van der Waals surface area contributed by atoms with Crippen molar-refractivity contribution in [3.63, 3.8) is 0 Å². The molecule has 3 rings (SSSR count). The molecule has 1 aromatic carbocycles. The van der Waals surface area contributed by atoms with Crippen LogP contribution in [0.2, 0.25) is 0 Å². The molecular weight excluding hydrogens is 316 g/mol. The van der Waals surface area contributed by atoms with Gasteiger partial charge < -0.3 is 15.0 Å². The van der Waals surface area contributed by atoms with Gasteiger partial charge in [-0.25, -0.2) is 0 Å². The van der Waals surface area contributed by atoms with Crippen LogP contribution in [0, 0.1) is 0 Å². The summed E-state index contributed by atoms with van der Waals surface area (Å²) in [5, 5.41) is 10.6. The number of amides is 1. The van der Waals surface area contributed by atoms with E-state index in [1.54, 1.807) is 7.11 Å². The van der Waals surface area contributed by atoms with E-state index in [0.29, 0.717) is 31.9 Å². The van der Waals surface area contributed by atoms with Crippen LogP contribution in [-0.2, 0) is 24.1 Å². The summed E-state index contributed by atoms with van der Waals surface area (Å²) in [6.45, 7) is 3.44. The van der Waals surface area contributed by atoms with Gasteiger partial charge in [0.1, 0.15) is 0 Å². The first-order chi connectivity index (χ1) is 12.3. The lowest BCUT2D eigenvalue weighted by atomic mass is 10.1. The second kappa shape index (κ2) is 8.78. The molecule has 0 aliphatic carbocycles. The van der Waals surface area contributed by atoms with Crippen molar-refractivity contribution in [2.75, 3.05) is 33.4 Å². The molecule has 2 N–H and O–H groups in total. The highest BCUT2D eigenvalue weighted by atomic mass is 16.5. The van der Waals surface area contributed by atoms with Gasteiger partial charge in [0, 0.05) is 51.0 Å². The van der Waals surface area contributed by atoms with Gasteiger partial charge in [-0.1, -0.05) is 30.3 Å². The molecule has 0 spiro atoms. The normalized spacial score (nSPS) is 13.5. The quantitative estimate of drug-likeness (QED) is 0.767. The fraction of sp³-hybridized carbons (Fsp3) is 0.474. The van der Waals surface area contributed by atoms with E-state index in [2.05, 4.69) is 27.6 Å². The Morgan fingerprint density at radius 1 is 1.28 bits per heavy atom. The smallest absolute Gasteiger partial charge is 0.274 e. The maximum absolute atomic E-state index is 13.0. The zero-order chi connectivity index (χ0) is 17.5. The van der Waals surface area contributed by atoms with Gasteiger partial charge in [0.15, 0.2) is 5.69 Å². The van der Waals surface area contributed by atoms with Crippen LogP contribution in [0.25, 0.3) is 0 Å². The van der Waals surface area contributed by atoms with Gasteiger partial charge in [0.2, 0.25) is 0 Å². The van der Waals surface area contributed by atoms with E-state index in [-0.39, 0.29) is 5.91 Å². The van der Waals surface area contributed by atoms with Crippen molar-refractivity contribution in [3.8, 4) is 0 Å². The lowest BCUT2D eigenvalue weighted by Crippen LogP contribution is -2.36. The van der Waals surface area contributed by atoms with E-state index >= 15 is 0 Å². The molecule has 0 saturated carbocycles. The average Bonchev–Trinajstić information content (AvgIpc) is 3.09. The number of hydrogen-bond donors (Lipinski definition) is 2. The number of carbonyl (C=O) groups excluding carboxylic acids is 1. The third-order valence-corrected chi connectivity index (χ3v) is 4.60. The number of aryl methyl sites for hydroxylation is 1. The minimum Gasteiger partial charge on any atom is -0.383 e. The van der Waals surface area contributed by atoms with Gasteiger partial charge in [0.05, 0.1) is 6.61 Å². The number of nitrogens with one attached hydrogen (secondary N) is 2. The Balaban J connectivity index is 1.65. The highest BCUT2D eigenvalue weighted by Gasteiger charge is 2.25. The minimum atomic E-state index is -0.00804. The van der Waals surface area contributed by atoms with Crippen LogP contribution in [0.5, 0.6) is 0 Å². The number of carbonyl (C=O) groups is 1. The third-order valence-electron chi connectivity index (χ3n) is 4.60. The number of benzene rings is 1. The molecule has 0 unspecified atom stereocenters. The van der Waals surface area contributed by atoms with Gasteiger partial charge in [-0.05, 0) is 18.4 Å². The fourth-order valence-corrected chi connectivity index (χ4v) is 3.19. The summed E-state index contributed by atoms with van der Waals surface area (Å²) in [5.41, 5.74) is 3.95. The topological polar surface area (TPSA) is 70.2 Å².